The van der Waals surface area contributed by atoms with Crippen LogP contribution >= 0.6 is 0 Å². The van der Waals surface area contributed by atoms with Gasteiger partial charge in [0.05, 0.1) is 13.7 Å². The third kappa shape index (κ3) is 3.93. The highest BCUT2D eigenvalue weighted by Crippen LogP contribution is 2.30. The summed E-state index contributed by atoms with van der Waals surface area (Å²) in [5, 5.41) is 12.5. The van der Waals surface area contributed by atoms with E-state index in [0.29, 0.717) is 12.5 Å². The molecule has 0 unspecified atom stereocenters. The Hall–Kier alpha value is -1.10. The van der Waals surface area contributed by atoms with Crippen LogP contribution in [-0.2, 0) is 4.74 Å². The first-order valence-electron chi connectivity index (χ1n) is 6.91. The van der Waals surface area contributed by atoms with Gasteiger partial charge in [-0.1, -0.05) is 12.1 Å². The van der Waals surface area contributed by atoms with E-state index in [1.54, 1.807) is 7.11 Å². The van der Waals surface area contributed by atoms with Crippen LogP contribution in [0.3, 0.4) is 0 Å². The second-order valence-corrected chi connectivity index (χ2v) is 4.88. The molecule has 2 rings (SSSR count). The maximum absolute atomic E-state index is 9.04. The number of aliphatic hydroxyl groups excluding tert-OH is 1. The fourth-order valence-electron chi connectivity index (χ4n) is 2.64. The molecule has 1 saturated heterocycles. The number of hydrogen-bond acceptors (Lipinski definition) is 4. The van der Waals surface area contributed by atoms with Gasteiger partial charge >= 0.3 is 0 Å². The molecule has 19 heavy (non-hydrogen) atoms. The third-order valence-corrected chi connectivity index (χ3v) is 3.69. The van der Waals surface area contributed by atoms with E-state index in [1.807, 2.05) is 12.1 Å². The molecule has 4 heteroatoms. The molecule has 0 aromatic heterocycles. The van der Waals surface area contributed by atoms with Gasteiger partial charge in [0, 0.05) is 25.8 Å². The second-order valence-electron chi connectivity index (χ2n) is 4.88. The van der Waals surface area contributed by atoms with Crippen molar-refractivity contribution in [2.24, 2.45) is 5.92 Å². The monoisotopic (exact) mass is 265 g/mol. The molecule has 1 aromatic carbocycles. The Morgan fingerprint density at radius 2 is 2.00 bits per heavy atom. The molecule has 1 aromatic rings. The van der Waals surface area contributed by atoms with Crippen LogP contribution < -0.4 is 10.1 Å². The lowest BCUT2D eigenvalue weighted by Crippen LogP contribution is -2.33. The Labute approximate surface area is 114 Å². The van der Waals surface area contributed by atoms with E-state index < -0.39 is 0 Å². The quantitative estimate of drug-likeness (QED) is 0.822. The highest BCUT2D eigenvalue weighted by molar-refractivity contribution is 5.29. The van der Waals surface area contributed by atoms with Crippen molar-refractivity contribution in [1.82, 2.24) is 5.32 Å². The smallest absolute Gasteiger partial charge is 0.118 e. The number of aliphatic hydroxyl groups is 1. The third-order valence-electron chi connectivity index (χ3n) is 3.69. The molecule has 0 spiro atoms. The second kappa shape index (κ2) is 7.48. The lowest BCUT2D eigenvalue weighted by Gasteiger charge is -2.31. The zero-order valence-corrected chi connectivity index (χ0v) is 11.5. The van der Waals surface area contributed by atoms with Gasteiger partial charge in [-0.15, -0.1) is 0 Å². The van der Waals surface area contributed by atoms with Crippen LogP contribution in [0.15, 0.2) is 24.3 Å². The summed E-state index contributed by atoms with van der Waals surface area (Å²) in [6.07, 6.45) is 2.13. The van der Waals surface area contributed by atoms with Crippen LogP contribution in [-0.4, -0.2) is 38.6 Å². The summed E-state index contributed by atoms with van der Waals surface area (Å²) in [4.78, 5) is 0. The first kappa shape index (κ1) is 14.3. The van der Waals surface area contributed by atoms with Crippen LogP contribution in [0.1, 0.15) is 24.4 Å². The summed E-state index contributed by atoms with van der Waals surface area (Å²) in [6, 6.07) is 8.46. The molecular formula is C15H23NO3. The molecule has 0 bridgehead atoms. The minimum Gasteiger partial charge on any atom is -0.497 e. The van der Waals surface area contributed by atoms with Gasteiger partial charge in [0.1, 0.15) is 5.75 Å². The van der Waals surface area contributed by atoms with Gasteiger partial charge in [-0.3, -0.25) is 0 Å². The molecule has 1 aliphatic rings. The number of hydrogen-bond donors (Lipinski definition) is 2. The lowest BCUT2D eigenvalue weighted by atomic mass is 9.87. The zero-order chi connectivity index (χ0) is 13.5. The van der Waals surface area contributed by atoms with Gasteiger partial charge < -0.3 is 19.9 Å². The molecular weight excluding hydrogens is 242 g/mol. The number of nitrogens with one attached hydrogen (secondary N) is 1. The van der Waals surface area contributed by atoms with Gasteiger partial charge in [0.2, 0.25) is 0 Å². The Morgan fingerprint density at radius 3 is 2.58 bits per heavy atom. The Bertz CT molecular complexity index is 360. The summed E-state index contributed by atoms with van der Waals surface area (Å²) >= 11 is 0. The van der Waals surface area contributed by atoms with Crippen LogP contribution in [0.5, 0.6) is 5.75 Å². The van der Waals surface area contributed by atoms with Gasteiger partial charge in [0.25, 0.3) is 0 Å². The highest BCUT2D eigenvalue weighted by atomic mass is 16.5. The lowest BCUT2D eigenvalue weighted by molar-refractivity contribution is 0.0529. The predicted octanol–water partition coefficient (Wildman–Crippen LogP) is 1.74. The molecule has 0 saturated carbocycles. The number of benzene rings is 1. The standard InChI is InChI=1S/C15H23NO3/c1-18-14-4-2-12(3-5-14)15(16-8-9-17)13-6-10-19-11-7-13/h2-5,13,15-17H,6-11H2,1H3/t15-/m1/s1. The van der Waals surface area contributed by atoms with E-state index in [9.17, 15) is 0 Å². The summed E-state index contributed by atoms with van der Waals surface area (Å²) in [7, 11) is 1.68. The molecule has 106 valence electrons. The van der Waals surface area contributed by atoms with Crippen molar-refractivity contribution in [1.29, 1.82) is 0 Å². The highest BCUT2D eigenvalue weighted by Gasteiger charge is 2.24. The van der Waals surface area contributed by atoms with Gasteiger partial charge in [0.15, 0.2) is 0 Å². The Morgan fingerprint density at radius 1 is 1.32 bits per heavy atom. The van der Waals surface area contributed by atoms with Crippen molar-refractivity contribution in [3.05, 3.63) is 29.8 Å². The molecule has 4 nitrogen and oxygen atoms in total. The molecule has 2 N–H and O–H groups in total. The predicted molar refractivity (Wildman–Crippen MR) is 74.4 cm³/mol. The summed E-state index contributed by atoms with van der Waals surface area (Å²) in [5.74, 6) is 1.44. The van der Waals surface area contributed by atoms with E-state index in [1.165, 1.54) is 5.56 Å². The van der Waals surface area contributed by atoms with E-state index in [4.69, 9.17) is 14.6 Å². The Balaban J connectivity index is 2.10. The first-order valence-corrected chi connectivity index (χ1v) is 6.91. The number of ether oxygens (including phenoxy) is 2. The minimum atomic E-state index is 0.163. The molecule has 1 heterocycles. The molecule has 0 amide bonds. The van der Waals surface area contributed by atoms with Crippen molar-refractivity contribution in [2.75, 3.05) is 33.5 Å². The average Bonchev–Trinajstić information content (AvgIpc) is 2.49. The Kier molecular flexibility index (Phi) is 5.63. The molecule has 1 atom stereocenters. The van der Waals surface area contributed by atoms with E-state index >= 15 is 0 Å². The van der Waals surface area contributed by atoms with Crippen LogP contribution in [0.2, 0.25) is 0 Å². The largest absolute Gasteiger partial charge is 0.497 e. The van der Waals surface area contributed by atoms with Crippen LogP contribution in [0.4, 0.5) is 0 Å². The summed E-state index contributed by atoms with van der Waals surface area (Å²) in [6.45, 7) is 2.44. The first-order chi connectivity index (χ1) is 9.35. The van der Waals surface area contributed by atoms with E-state index in [-0.39, 0.29) is 12.6 Å². The van der Waals surface area contributed by atoms with Crippen LogP contribution in [0.25, 0.3) is 0 Å². The molecule has 1 fully saturated rings. The van der Waals surface area contributed by atoms with Crippen molar-refractivity contribution in [3.63, 3.8) is 0 Å². The van der Waals surface area contributed by atoms with Gasteiger partial charge in [-0.2, -0.15) is 0 Å². The maximum atomic E-state index is 9.04. The van der Waals surface area contributed by atoms with Crippen LogP contribution in [0, 0.1) is 5.92 Å². The van der Waals surface area contributed by atoms with Crippen molar-refractivity contribution in [2.45, 2.75) is 18.9 Å². The molecule has 0 aliphatic carbocycles. The maximum Gasteiger partial charge on any atom is 0.118 e. The van der Waals surface area contributed by atoms with Gasteiger partial charge in [-0.25, -0.2) is 0 Å². The molecule has 1 aliphatic heterocycles. The van der Waals surface area contributed by atoms with Crippen molar-refractivity contribution >= 4 is 0 Å². The zero-order valence-electron chi connectivity index (χ0n) is 11.5. The topological polar surface area (TPSA) is 50.7 Å². The number of rotatable bonds is 6. The minimum absolute atomic E-state index is 0.163. The van der Waals surface area contributed by atoms with Crippen molar-refractivity contribution in [3.8, 4) is 5.75 Å². The van der Waals surface area contributed by atoms with E-state index in [0.717, 1.165) is 31.8 Å². The van der Waals surface area contributed by atoms with Gasteiger partial charge in [-0.05, 0) is 36.5 Å². The summed E-state index contributed by atoms with van der Waals surface area (Å²) in [5.41, 5.74) is 1.25. The normalized spacial score (nSPS) is 18.2. The van der Waals surface area contributed by atoms with E-state index in [2.05, 4.69) is 17.4 Å². The van der Waals surface area contributed by atoms with Crippen molar-refractivity contribution < 1.29 is 14.6 Å². The molecule has 0 radical (unpaired) electrons. The average molecular weight is 265 g/mol. The fraction of sp³-hybridized carbons (Fsp3) is 0.600. The summed E-state index contributed by atoms with van der Waals surface area (Å²) < 4.78 is 10.6. The number of methoxy groups -OCH3 is 1. The fourth-order valence-corrected chi connectivity index (χ4v) is 2.64. The SMILES string of the molecule is COc1ccc([C@@H](NCCO)C2CCOCC2)cc1.